The third-order valence-electron chi connectivity index (χ3n) is 3.10. The number of nitrogens with zero attached hydrogens (tertiary/aromatic N) is 1. The Morgan fingerprint density at radius 1 is 1.50 bits per heavy atom. The fraction of sp³-hybridized carbons (Fsp3) is 0.545. The van der Waals surface area contributed by atoms with E-state index in [1.807, 2.05) is 10.8 Å². The molecule has 3 rings (SSSR count). The van der Waals surface area contributed by atoms with Crippen molar-refractivity contribution in [2.75, 3.05) is 6.54 Å². The maximum Gasteiger partial charge on any atom is 0.233 e. The highest BCUT2D eigenvalue weighted by Gasteiger charge is 2.32. The van der Waals surface area contributed by atoms with Gasteiger partial charge in [-0.05, 0) is 24.5 Å². The van der Waals surface area contributed by atoms with Crippen LogP contribution in [-0.4, -0.2) is 17.0 Å². The van der Waals surface area contributed by atoms with Crippen LogP contribution in [0.4, 0.5) is 0 Å². The molecular formula is C11H14N2O. The fourth-order valence-corrected chi connectivity index (χ4v) is 2.11. The van der Waals surface area contributed by atoms with Gasteiger partial charge in [-0.15, -0.1) is 0 Å². The number of hydrogen-bond donors (Lipinski definition) is 1. The number of carbonyl (C=O) groups is 1. The van der Waals surface area contributed by atoms with Crippen LogP contribution in [0.2, 0.25) is 0 Å². The van der Waals surface area contributed by atoms with Gasteiger partial charge in [0.1, 0.15) is 0 Å². The van der Waals surface area contributed by atoms with Gasteiger partial charge in [-0.3, -0.25) is 9.36 Å². The number of rotatable bonds is 1. The third kappa shape index (κ3) is 1.20. The summed E-state index contributed by atoms with van der Waals surface area (Å²) >= 11 is 0. The Labute approximate surface area is 83.1 Å². The molecule has 74 valence electrons. The zero-order valence-corrected chi connectivity index (χ0v) is 8.12. The van der Waals surface area contributed by atoms with Gasteiger partial charge < -0.3 is 5.32 Å². The Balaban J connectivity index is 1.96. The average molecular weight is 190 g/mol. The van der Waals surface area contributed by atoms with Gasteiger partial charge in [0, 0.05) is 37.3 Å². The van der Waals surface area contributed by atoms with Crippen LogP contribution < -0.4 is 5.32 Å². The first-order valence-electron chi connectivity index (χ1n) is 5.30. The van der Waals surface area contributed by atoms with Crippen molar-refractivity contribution in [2.24, 2.45) is 5.92 Å². The van der Waals surface area contributed by atoms with E-state index >= 15 is 0 Å². The summed E-state index contributed by atoms with van der Waals surface area (Å²) in [7, 11) is 0. The molecule has 0 unspecified atom stereocenters. The lowest BCUT2D eigenvalue weighted by Gasteiger charge is -2.15. The number of aromatic nitrogens is 1. The molecule has 3 nitrogen and oxygen atoms in total. The lowest BCUT2D eigenvalue weighted by molar-refractivity contribution is 0.0882. The lowest BCUT2D eigenvalue weighted by Crippen LogP contribution is -2.26. The summed E-state index contributed by atoms with van der Waals surface area (Å²) in [5.41, 5.74) is 2.53. The normalized spacial score (nSPS) is 20.6. The topological polar surface area (TPSA) is 34.0 Å². The molecule has 0 spiro atoms. The minimum atomic E-state index is 0.313. The quantitative estimate of drug-likeness (QED) is 0.721. The second-order valence-corrected chi connectivity index (χ2v) is 4.20. The summed E-state index contributed by atoms with van der Waals surface area (Å²) in [6.45, 7) is 1.91. The van der Waals surface area contributed by atoms with Crippen LogP contribution in [0, 0.1) is 5.92 Å². The van der Waals surface area contributed by atoms with E-state index in [9.17, 15) is 4.79 Å². The van der Waals surface area contributed by atoms with Crippen LogP contribution in [0.5, 0.6) is 0 Å². The summed E-state index contributed by atoms with van der Waals surface area (Å²) in [4.78, 5) is 11.9. The van der Waals surface area contributed by atoms with Crippen molar-refractivity contribution in [2.45, 2.75) is 25.8 Å². The van der Waals surface area contributed by atoms with Crippen LogP contribution in [0.3, 0.4) is 0 Å². The van der Waals surface area contributed by atoms with Crippen LogP contribution in [-0.2, 0) is 13.0 Å². The zero-order chi connectivity index (χ0) is 9.54. The van der Waals surface area contributed by atoms with E-state index in [1.165, 1.54) is 11.3 Å². The van der Waals surface area contributed by atoms with Gasteiger partial charge in [0.05, 0.1) is 0 Å². The highest BCUT2D eigenvalue weighted by atomic mass is 16.2. The molecule has 0 aromatic carbocycles. The Bertz CT molecular complexity index is 377. The summed E-state index contributed by atoms with van der Waals surface area (Å²) in [6.07, 6.45) is 5.10. The van der Waals surface area contributed by atoms with Crippen molar-refractivity contribution in [3.8, 4) is 0 Å². The SMILES string of the molecule is O=C(C1CC1)n1ccc2c1CCNC2. The molecule has 1 N–H and O–H groups in total. The molecule has 2 heterocycles. The molecule has 2 aliphatic rings. The van der Waals surface area contributed by atoms with Crippen molar-refractivity contribution in [1.82, 2.24) is 9.88 Å². The minimum Gasteiger partial charge on any atom is -0.312 e. The highest BCUT2D eigenvalue weighted by molar-refractivity contribution is 5.84. The number of hydrogen-bond acceptors (Lipinski definition) is 2. The molecule has 1 fully saturated rings. The molecule has 1 aromatic rings. The number of carbonyl (C=O) groups excluding carboxylic acids is 1. The van der Waals surface area contributed by atoms with Crippen LogP contribution in [0.15, 0.2) is 12.3 Å². The van der Waals surface area contributed by atoms with Gasteiger partial charge in [0.15, 0.2) is 0 Å². The second-order valence-electron chi connectivity index (χ2n) is 4.20. The van der Waals surface area contributed by atoms with Gasteiger partial charge in [0.2, 0.25) is 5.91 Å². The van der Waals surface area contributed by atoms with E-state index in [2.05, 4.69) is 11.4 Å². The highest BCUT2D eigenvalue weighted by Crippen LogP contribution is 2.31. The van der Waals surface area contributed by atoms with Gasteiger partial charge in [0.25, 0.3) is 0 Å². The van der Waals surface area contributed by atoms with Gasteiger partial charge in [-0.2, -0.15) is 0 Å². The van der Waals surface area contributed by atoms with Crippen molar-refractivity contribution in [3.05, 3.63) is 23.5 Å². The van der Waals surface area contributed by atoms with Gasteiger partial charge >= 0.3 is 0 Å². The van der Waals surface area contributed by atoms with Crippen LogP contribution in [0.1, 0.15) is 28.9 Å². The molecule has 3 heteroatoms. The molecule has 1 aromatic heterocycles. The van der Waals surface area contributed by atoms with Crippen LogP contribution in [0.25, 0.3) is 0 Å². The standard InChI is InChI=1S/C11H14N2O/c14-11(8-1-2-8)13-6-4-9-7-12-5-3-10(9)13/h4,6,8,12H,1-3,5,7H2. The Morgan fingerprint density at radius 2 is 2.36 bits per heavy atom. The maximum atomic E-state index is 11.9. The molecule has 0 radical (unpaired) electrons. The largest absolute Gasteiger partial charge is 0.312 e. The third-order valence-corrected chi connectivity index (χ3v) is 3.10. The summed E-state index contributed by atoms with van der Waals surface area (Å²) < 4.78 is 1.88. The molecule has 1 aliphatic carbocycles. The molecule has 1 aliphatic heterocycles. The predicted molar refractivity (Wildman–Crippen MR) is 53.2 cm³/mol. The molecule has 0 saturated heterocycles. The first-order chi connectivity index (χ1) is 6.86. The number of fused-ring (bicyclic) bond motifs is 1. The summed E-state index contributed by atoms with van der Waals surface area (Å²) in [5, 5.41) is 3.31. The first kappa shape index (κ1) is 8.24. The zero-order valence-electron chi connectivity index (χ0n) is 8.12. The van der Waals surface area contributed by atoms with E-state index < -0.39 is 0 Å². The molecule has 14 heavy (non-hydrogen) atoms. The molecular weight excluding hydrogens is 176 g/mol. The molecule has 0 bridgehead atoms. The Hall–Kier alpha value is -1.09. The van der Waals surface area contributed by atoms with E-state index in [-0.39, 0.29) is 0 Å². The predicted octanol–water partition coefficient (Wildman–Crippen LogP) is 1.18. The number of nitrogens with one attached hydrogen (secondary N) is 1. The van der Waals surface area contributed by atoms with Crippen LogP contribution >= 0.6 is 0 Å². The lowest BCUT2D eigenvalue weighted by atomic mass is 10.1. The molecule has 0 atom stereocenters. The molecule has 1 saturated carbocycles. The average Bonchev–Trinajstić information content (AvgIpc) is 2.97. The van der Waals surface area contributed by atoms with Crippen molar-refractivity contribution < 1.29 is 4.79 Å². The first-order valence-corrected chi connectivity index (χ1v) is 5.30. The monoisotopic (exact) mass is 190 g/mol. The second kappa shape index (κ2) is 2.95. The Kier molecular flexibility index (Phi) is 1.74. The van der Waals surface area contributed by atoms with E-state index in [1.54, 1.807) is 0 Å². The smallest absolute Gasteiger partial charge is 0.233 e. The van der Waals surface area contributed by atoms with E-state index in [0.29, 0.717) is 11.8 Å². The van der Waals surface area contributed by atoms with E-state index in [0.717, 1.165) is 32.4 Å². The summed E-state index contributed by atoms with van der Waals surface area (Å²) in [6, 6.07) is 2.07. The molecule has 0 amide bonds. The maximum absolute atomic E-state index is 11.9. The Morgan fingerprint density at radius 3 is 3.14 bits per heavy atom. The fourth-order valence-electron chi connectivity index (χ4n) is 2.11. The van der Waals surface area contributed by atoms with Crippen molar-refractivity contribution >= 4 is 5.91 Å². The van der Waals surface area contributed by atoms with E-state index in [4.69, 9.17) is 0 Å². The summed E-state index contributed by atoms with van der Waals surface area (Å²) in [5.74, 6) is 0.634. The van der Waals surface area contributed by atoms with Gasteiger partial charge in [-0.1, -0.05) is 0 Å². The minimum absolute atomic E-state index is 0.313. The van der Waals surface area contributed by atoms with Crippen molar-refractivity contribution in [3.63, 3.8) is 0 Å². The van der Waals surface area contributed by atoms with Crippen molar-refractivity contribution in [1.29, 1.82) is 0 Å². The van der Waals surface area contributed by atoms with Gasteiger partial charge in [-0.25, -0.2) is 0 Å².